The van der Waals surface area contributed by atoms with Gasteiger partial charge in [-0.3, -0.25) is 9.20 Å². The first kappa shape index (κ1) is 22.5. The lowest BCUT2D eigenvalue weighted by molar-refractivity contribution is 0.0205. The molecule has 5 rings (SSSR count). The van der Waals surface area contributed by atoms with Crippen molar-refractivity contribution in [3.8, 4) is 11.4 Å². The number of fused-ring (bicyclic) bond motifs is 2. The van der Waals surface area contributed by atoms with E-state index < -0.39 is 5.60 Å². The number of carbonyl (C=O) groups excluding carboxylic acids is 1. The molecule has 0 spiro atoms. The molecule has 0 unspecified atom stereocenters. The minimum Gasteiger partial charge on any atom is -0.444 e. The van der Waals surface area contributed by atoms with Crippen molar-refractivity contribution in [2.75, 3.05) is 13.1 Å². The van der Waals surface area contributed by atoms with Gasteiger partial charge in [-0.05, 0) is 65.0 Å². The first-order valence-corrected chi connectivity index (χ1v) is 12.2. The van der Waals surface area contributed by atoms with Gasteiger partial charge in [0.2, 0.25) is 0 Å². The maximum atomic E-state index is 12.9. The van der Waals surface area contributed by atoms with Gasteiger partial charge in [0.1, 0.15) is 11.3 Å². The van der Waals surface area contributed by atoms with Gasteiger partial charge < -0.3 is 9.64 Å². The van der Waals surface area contributed by atoms with Crippen molar-refractivity contribution in [2.45, 2.75) is 59.0 Å². The molecule has 4 aromatic heterocycles. The van der Waals surface area contributed by atoms with Crippen molar-refractivity contribution in [3.63, 3.8) is 0 Å². The summed E-state index contributed by atoms with van der Waals surface area (Å²) in [5, 5.41) is 4.62. The van der Waals surface area contributed by atoms with Crippen molar-refractivity contribution >= 4 is 28.0 Å². The number of carbonyl (C=O) groups is 1. The fourth-order valence-electron chi connectivity index (χ4n) is 4.28. The first-order valence-electron chi connectivity index (χ1n) is 11.4. The normalized spacial score (nSPS) is 15.4. The molecule has 0 atom stereocenters. The number of hydrogen-bond acceptors (Lipinski definition) is 7. The molecular formula is C24H28N6O3S. The van der Waals surface area contributed by atoms with E-state index in [4.69, 9.17) is 9.72 Å². The second-order valence-electron chi connectivity index (χ2n) is 9.87. The summed E-state index contributed by atoms with van der Waals surface area (Å²) < 4.78 is 8.84. The van der Waals surface area contributed by atoms with Crippen molar-refractivity contribution in [1.82, 2.24) is 28.9 Å². The lowest BCUT2D eigenvalue weighted by atomic mass is 9.96. The van der Waals surface area contributed by atoms with E-state index in [2.05, 4.69) is 10.1 Å². The molecule has 0 radical (unpaired) electrons. The Morgan fingerprint density at radius 3 is 2.53 bits per heavy atom. The average molecular weight is 481 g/mol. The Labute approximate surface area is 201 Å². The van der Waals surface area contributed by atoms with Crippen LogP contribution >= 0.6 is 11.3 Å². The first-order chi connectivity index (χ1) is 16.1. The van der Waals surface area contributed by atoms with Crippen LogP contribution in [0.1, 0.15) is 55.7 Å². The molecule has 34 heavy (non-hydrogen) atoms. The molecule has 0 aromatic carbocycles. The number of aryl methyl sites for hydroxylation is 2. The summed E-state index contributed by atoms with van der Waals surface area (Å²) in [5.74, 6) is 0.277. The molecule has 1 saturated heterocycles. The van der Waals surface area contributed by atoms with Gasteiger partial charge in [-0.25, -0.2) is 19.3 Å². The molecule has 5 heterocycles. The Morgan fingerprint density at radius 1 is 1.09 bits per heavy atom. The van der Waals surface area contributed by atoms with E-state index in [1.807, 2.05) is 53.1 Å². The van der Waals surface area contributed by atoms with Crippen LogP contribution in [-0.2, 0) is 4.74 Å². The molecule has 0 N–H and O–H groups in total. The Hall–Kier alpha value is -3.27. The predicted octanol–water partition coefficient (Wildman–Crippen LogP) is 4.20. The molecule has 178 valence electrons. The van der Waals surface area contributed by atoms with Crippen LogP contribution in [0.5, 0.6) is 0 Å². The Balaban J connectivity index is 1.39. The zero-order valence-electron chi connectivity index (χ0n) is 20.0. The number of hydrogen-bond donors (Lipinski definition) is 0. The molecule has 10 heteroatoms. The van der Waals surface area contributed by atoms with Crippen LogP contribution in [0.3, 0.4) is 0 Å². The fraction of sp³-hybridized carbons (Fsp3) is 0.458. The molecule has 0 aliphatic carbocycles. The predicted molar refractivity (Wildman–Crippen MR) is 131 cm³/mol. The Morgan fingerprint density at radius 2 is 1.82 bits per heavy atom. The molecule has 4 aromatic rings. The molecular weight excluding hydrogens is 452 g/mol. The highest BCUT2D eigenvalue weighted by molar-refractivity contribution is 7.17. The summed E-state index contributed by atoms with van der Waals surface area (Å²) in [6.07, 6.45) is 5.14. The second kappa shape index (κ2) is 8.19. The zero-order chi connectivity index (χ0) is 24.2. The molecule has 9 nitrogen and oxygen atoms in total. The lowest BCUT2D eigenvalue weighted by Gasteiger charge is -2.33. The third-order valence-corrected chi connectivity index (χ3v) is 7.07. The molecule has 0 bridgehead atoms. The summed E-state index contributed by atoms with van der Waals surface area (Å²) in [6, 6.07) is 3.45. The van der Waals surface area contributed by atoms with E-state index in [0.717, 1.165) is 34.6 Å². The van der Waals surface area contributed by atoms with Gasteiger partial charge in [-0.15, -0.1) is 11.3 Å². The number of thiazole rings is 1. The molecule has 1 aliphatic heterocycles. The van der Waals surface area contributed by atoms with Crippen LogP contribution in [0.2, 0.25) is 0 Å². The van der Waals surface area contributed by atoms with Gasteiger partial charge in [-0.1, -0.05) is 0 Å². The Kier molecular flexibility index (Phi) is 5.43. The number of aromatic nitrogens is 5. The van der Waals surface area contributed by atoms with Crippen LogP contribution in [0, 0.1) is 13.8 Å². The summed E-state index contributed by atoms with van der Waals surface area (Å²) in [4.78, 5) is 38.0. The van der Waals surface area contributed by atoms with E-state index in [9.17, 15) is 9.59 Å². The van der Waals surface area contributed by atoms with Crippen LogP contribution in [-0.4, -0.2) is 53.7 Å². The highest BCUT2D eigenvalue weighted by atomic mass is 32.1. The minimum absolute atomic E-state index is 0.130. The van der Waals surface area contributed by atoms with E-state index in [1.165, 1.54) is 17.4 Å². The lowest BCUT2D eigenvalue weighted by Crippen LogP contribution is -2.41. The summed E-state index contributed by atoms with van der Waals surface area (Å²) >= 11 is 1.53. The zero-order valence-corrected chi connectivity index (χ0v) is 20.8. The van der Waals surface area contributed by atoms with Crippen molar-refractivity contribution in [1.29, 1.82) is 0 Å². The number of ether oxygens (including phenoxy) is 1. The van der Waals surface area contributed by atoms with Gasteiger partial charge in [0.05, 0.1) is 17.6 Å². The number of piperidine rings is 1. The van der Waals surface area contributed by atoms with Gasteiger partial charge in [-0.2, -0.15) is 5.10 Å². The molecule has 1 fully saturated rings. The molecule has 1 amide bonds. The second-order valence-corrected chi connectivity index (χ2v) is 10.9. The van der Waals surface area contributed by atoms with Crippen LogP contribution in [0.4, 0.5) is 4.79 Å². The SMILES string of the molecule is Cc1cn2nc(-c3cc(=O)n4cc(C5CCN(C(=O)OC(C)(C)C)CC5)sc4n3)cc(C)c2n1. The van der Waals surface area contributed by atoms with Crippen LogP contribution in [0.25, 0.3) is 22.0 Å². The summed E-state index contributed by atoms with van der Waals surface area (Å²) in [5.41, 5.74) is 3.22. The largest absolute Gasteiger partial charge is 0.444 e. The highest BCUT2D eigenvalue weighted by Gasteiger charge is 2.28. The van der Waals surface area contributed by atoms with E-state index in [1.54, 1.807) is 13.8 Å². The van der Waals surface area contributed by atoms with E-state index in [0.29, 0.717) is 29.4 Å². The van der Waals surface area contributed by atoms with Crippen LogP contribution < -0.4 is 5.56 Å². The highest BCUT2D eigenvalue weighted by Crippen LogP contribution is 2.33. The molecule has 0 saturated carbocycles. The van der Waals surface area contributed by atoms with Gasteiger partial charge in [0, 0.05) is 30.2 Å². The number of amides is 1. The number of nitrogens with zero attached hydrogens (tertiary/aromatic N) is 6. The van der Waals surface area contributed by atoms with E-state index >= 15 is 0 Å². The average Bonchev–Trinajstić information content (AvgIpc) is 3.36. The van der Waals surface area contributed by atoms with Crippen molar-refractivity contribution in [2.24, 2.45) is 0 Å². The maximum Gasteiger partial charge on any atom is 0.410 e. The quantitative estimate of drug-likeness (QED) is 0.427. The van der Waals surface area contributed by atoms with E-state index in [-0.39, 0.29) is 17.6 Å². The summed E-state index contributed by atoms with van der Waals surface area (Å²) in [6.45, 7) is 10.8. The Bertz CT molecular complexity index is 1450. The van der Waals surface area contributed by atoms with Gasteiger partial charge in [0.25, 0.3) is 5.56 Å². The van der Waals surface area contributed by atoms with Crippen LogP contribution in [0.15, 0.2) is 29.3 Å². The van der Waals surface area contributed by atoms with Crippen molar-refractivity contribution in [3.05, 3.63) is 51.0 Å². The van der Waals surface area contributed by atoms with Crippen molar-refractivity contribution < 1.29 is 9.53 Å². The number of likely N-dealkylation sites (tertiary alicyclic amines) is 1. The number of imidazole rings is 1. The van der Waals surface area contributed by atoms with Gasteiger partial charge >= 0.3 is 6.09 Å². The number of rotatable bonds is 2. The third kappa shape index (κ3) is 4.29. The monoisotopic (exact) mass is 480 g/mol. The summed E-state index contributed by atoms with van der Waals surface area (Å²) in [7, 11) is 0. The topological polar surface area (TPSA) is 94.1 Å². The minimum atomic E-state index is -0.501. The maximum absolute atomic E-state index is 12.9. The molecule has 1 aliphatic rings. The standard InChI is InChI=1S/C24H28N6O3S/c1-14-10-18(27-30-12-15(2)25-21(14)30)17-11-20(31)29-13-19(34-22(29)26-17)16-6-8-28(9-7-16)23(32)33-24(3,4)5/h10-13,16H,6-9H2,1-5H3. The third-order valence-electron chi connectivity index (χ3n) is 5.93. The smallest absolute Gasteiger partial charge is 0.410 e. The fourth-order valence-corrected chi connectivity index (χ4v) is 5.44. The van der Waals surface area contributed by atoms with Gasteiger partial charge in [0.15, 0.2) is 10.6 Å².